The number of ether oxygens (including phenoxy) is 1. The van der Waals surface area contributed by atoms with Gasteiger partial charge in [0.25, 0.3) is 0 Å². The highest BCUT2D eigenvalue weighted by Crippen LogP contribution is 2.02. The molecule has 1 rings (SSSR count). The van der Waals surface area contributed by atoms with Crippen LogP contribution < -0.4 is 5.32 Å². The number of nitrogens with zero attached hydrogens (tertiary/aromatic N) is 1. The summed E-state index contributed by atoms with van der Waals surface area (Å²) in [5.74, 6) is 0.872. The van der Waals surface area contributed by atoms with Gasteiger partial charge in [0, 0.05) is 19.2 Å². The van der Waals surface area contributed by atoms with E-state index < -0.39 is 0 Å². The number of nitrogens with one attached hydrogen (secondary N) is 1. The molecular weight excluding hydrogens is 180 g/mol. The maximum Gasteiger partial charge on any atom is 0.150 e. The lowest BCUT2D eigenvalue weighted by molar-refractivity contribution is 0.162. The topological polar surface area (TPSA) is 47.3 Å². The van der Waals surface area contributed by atoms with Crippen molar-refractivity contribution in [1.82, 2.24) is 10.5 Å². The molecule has 0 aliphatic heterocycles. The van der Waals surface area contributed by atoms with Crippen molar-refractivity contribution < 1.29 is 9.26 Å². The van der Waals surface area contributed by atoms with Crippen LogP contribution in [-0.2, 0) is 11.3 Å². The molecule has 0 bridgehead atoms. The first-order valence-corrected chi connectivity index (χ1v) is 4.90. The van der Waals surface area contributed by atoms with Gasteiger partial charge in [-0.1, -0.05) is 12.1 Å². The maximum absolute atomic E-state index is 5.08. The van der Waals surface area contributed by atoms with Crippen molar-refractivity contribution >= 4 is 0 Å². The Morgan fingerprint density at radius 2 is 2.43 bits per heavy atom. The summed E-state index contributed by atoms with van der Waals surface area (Å²) in [7, 11) is 1.71. The second-order valence-corrected chi connectivity index (χ2v) is 3.38. The lowest BCUT2D eigenvalue weighted by Gasteiger charge is -2.14. The molecule has 80 valence electrons. The highest BCUT2D eigenvalue weighted by molar-refractivity contribution is 5.02. The van der Waals surface area contributed by atoms with E-state index in [4.69, 9.17) is 9.26 Å². The summed E-state index contributed by atoms with van der Waals surface area (Å²) in [6.07, 6.45) is 1.04. The fourth-order valence-corrected chi connectivity index (χ4v) is 1.27. The van der Waals surface area contributed by atoms with E-state index >= 15 is 0 Å². The van der Waals surface area contributed by atoms with E-state index in [0.29, 0.717) is 12.6 Å². The molecule has 0 radical (unpaired) electrons. The van der Waals surface area contributed by atoms with Gasteiger partial charge < -0.3 is 14.6 Å². The van der Waals surface area contributed by atoms with Gasteiger partial charge in [-0.2, -0.15) is 0 Å². The smallest absolute Gasteiger partial charge is 0.150 e. The molecule has 0 fully saturated rings. The minimum Gasteiger partial charge on any atom is -0.383 e. The zero-order valence-corrected chi connectivity index (χ0v) is 9.04. The lowest BCUT2D eigenvalue weighted by atomic mass is 10.2. The highest BCUT2D eigenvalue weighted by Gasteiger charge is 2.06. The van der Waals surface area contributed by atoms with Crippen LogP contribution in [0.1, 0.15) is 24.8 Å². The van der Waals surface area contributed by atoms with Gasteiger partial charge in [0.1, 0.15) is 0 Å². The van der Waals surface area contributed by atoms with E-state index in [1.54, 1.807) is 7.11 Å². The van der Waals surface area contributed by atoms with Crippen molar-refractivity contribution in [3.8, 4) is 0 Å². The molecule has 0 aliphatic rings. The zero-order chi connectivity index (χ0) is 10.4. The normalized spacial score (nSPS) is 13.1. The SMILES string of the molecule is CCC(COC)NCc1cc(C)no1. The number of hydrogen-bond donors (Lipinski definition) is 1. The number of aryl methyl sites for hydroxylation is 1. The second-order valence-electron chi connectivity index (χ2n) is 3.38. The van der Waals surface area contributed by atoms with Gasteiger partial charge in [0.2, 0.25) is 0 Å². The Morgan fingerprint density at radius 1 is 1.64 bits per heavy atom. The third kappa shape index (κ3) is 3.47. The molecule has 4 nitrogen and oxygen atoms in total. The number of aromatic nitrogens is 1. The average molecular weight is 198 g/mol. The lowest BCUT2D eigenvalue weighted by Crippen LogP contribution is -2.31. The molecule has 0 saturated carbocycles. The average Bonchev–Trinajstić information content (AvgIpc) is 2.59. The third-order valence-corrected chi connectivity index (χ3v) is 2.10. The van der Waals surface area contributed by atoms with Crippen molar-refractivity contribution in [1.29, 1.82) is 0 Å². The Morgan fingerprint density at radius 3 is 2.93 bits per heavy atom. The summed E-state index contributed by atoms with van der Waals surface area (Å²) in [5.41, 5.74) is 0.918. The first-order chi connectivity index (χ1) is 6.76. The van der Waals surface area contributed by atoms with E-state index in [-0.39, 0.29) is 0 Å². The van der Waals surface area contributed by atoms with Gasteiger partial charge in [0.05, 0.1) is 18.8 Å². The molecule has 0 amide bonds. The maximum atomic E-state index is 5.08. The van der Waals surface area contributed by atoms with Gasteiger partial charge in [-0.25, -0.2) is 0 Å². The zero-order valence-electron chi connectivity index (χ0n) is 9.04. The largest absolute Gasteiger partial charge is 0.383 e. The molecule has 1 unspecified atom stereocenters. The van der Waals surface area contributed by atoms with Crippen LogP contribution >= 0.6 is 0 Å². The van der Waals surface area contributed by atoms with Crippen molar-refractivity contribution in [2.75, 3.05) is 13.7 Å². The minimum absolute atomic E-state index is 0.380. The fourth-order valence-electron chi connectivity index (χ4n) is 1.27. The first-order valence-electron chi connectivity index (χ1n) is 4.90. The van der Waals surface area contributed by atoms with Crippen molar-refractivity contribution in [3.05, 3.63) is 17.5 Å². The van der Waals surface area contributed by atoms with Crippen LogP contribution in [0, 0.1) is 6.92 Å². The summed E-state index contributed by atoms with van der Waals surface area (Å²) in [5, 5.41) is 7.16. The first kappa shape index (κ1) is 11.2. The Kier molecular flexibility index (Phi) is 4.62. The van der Waals surface area contributed by atoms with Gasteiger partial charge >= 0.3 is 0 Å². The van der Waals surface area contributed by atoms with Crippen LogP contribution in [0.5, 0.6) is 0 Å². The van der Waals surface area contributed by atoms with Gasteiger partial charge in [-0.15, -0.1) is 0 Å². The minimum atomic E-state index is 0.380. The van der Waals surface area contributed by atoms with Crippen LogP contribution in [0.25, 0.3) is 0 Å². The molecule has 0 spiro atoms. The van der Waals surface area contributed by atoms with Crippen molar-refractivity contribution in [2.24, 2.45) is 0 Å². The molecule has 1 heterocycles. The van der Waals surface area contributed by atoms with E-state index in [1.165, 1.54) is 0 Å². The fraction of sp³-hybridized carbons (Fsp3) is 0.700. The Labute approximate surface area is 84.6 Å². The molecular formula is C10H18N2O2. The van der Waals surface area contributed by atoms with Gasteiger partial charge in [-0.05, 0) is 13.3 Å². The van der Waals surface area contributed by atoms with Gasteiger partial charge in [0.15, 0.2) is 5.76 Å². The molecule has 1 aromatic rings. The van der Waals surface area contributed by atoms with E-state index in [9.17, 15) is 0 Å². The summed E-state index contributed by atoms with van der Waals surface area (Å²) in [6, 6.07) is 2.32. The Balaban J connectivity index is 2.31. The molecule has 1 aromatic heterocycles. The Hall–Kier alpha value is -0.870. The third-order valence-electron chi connectivity index (χ3n) is 2.10. The molecule has 0 saturated heterocycles. The molecule has 1 N–H and O–H groups in total. The summed E-state index contributed by atoms with van der Waals surface area (Å²) in [4.78, 5) is 0. The monoisotopic (exact) mass is 198 g/mol. The number of methoxy groups -OCH3 is 1. The second kappa shape index (κ2) is 5.78. The summed E-state index contributed by atoms with van der Waals surface area (Å²) in [6.45, 7) is 5.48. The number of rotatable bonds is 6. The van der Waals surface area contributed by atoms with E-state index in [0.717, 1.165) is 24.5 Å². The number of hydrogen-bond acceptors (Lipinski definition) is 4. The van der Waals surface area contributed by atoms with Gasteiger partial charge in [-0.3, -0.25) is 0 Å². The predicted molar refractivity (Wildman–Crippen MR) is 54.0 cm³/mol. The van der Waals surface area contributed by atoms with Crippen molar-refractivity contribution in [2.45, 2.75) is 32.9 Å². The summed E-state index contributed by atoms with van der Waals surface area (Å²) >= 11 is 0. The molecule has 14 heavy (non-hydrogen) atoms. The van der Waals surface area contributed by atoms with Crippen LogP contribution in [0.4, 0.5) is 0 Å². The van der Waals surface area contributed by atoms with Crippen LogP contribution in [0.3, 0.4) is 0 Å². The van der Waals surface area contributed by atoms with E-state index in [2.05, 4.69) is 17.4 Å². The molecule has 4 heteroatoms. The predicted octanol–water partition coefficient (Wildman–Crippen LogP) is 1.50. The van der Waals surface area contributed by atoms with Crippen LogP contribution in [0.2, 0.25) is 0 Å². The molecule has 1 atom stereocenters. The Bertz CT molecular complexity index is 260. The molecule has 0 aliphatic carbocycles. The van der Waals surface area contributed by atoms with E-state index in [1.807, 2.05) is 13.0 Å². The van der Waals surface area contributed by atoms with Crippen LogP contribution in [-0.4, -0.2) is 24.9 Å². The summed E-state index contributed by atoms with van der Waals surface area (Å²) < 4.78 is 10.2. The highest BCUT2D eigenvalue weighted by atomic mass is 16.5. The standard InChI is InChI=1S/C10H18N2O2/c1-4-9(7-13-3)11-6-10-5-8(2)12-14-10/h5,9,11H,4,6-7H2,1-3H3. The van der Waals surface area contributed by atoms with Crippen LogP contribution in [0.15, 0.2) is 10.6 Å². The molecule has 0 aromatic carbocycles. The van der Waals surface area contributed by atoms with Crippen molar-refractivity contribution in [3.63, 3.8) is 0 Å². The quantitative estimate of drug-likeness (QED) is 0.752.